The molecule has 1 aromatic carbocycles. The largest absolute Gasteiger partial charge is 0.456 e. The van der Waals surface area contributed by atoms with E-state index in [1.165, 1.54) is 13.0 Å². The monoisotopic (exact) mass is 354 g/mol. The minimum Gasteiger partial charge on any atom is -0.456 e. The second kappa shape index (κ2) is 8.38. The lowest BCUT2D eigenvalue weighted by Gasteiger charge is -2.08. The van der Waals surface area contributed by atoms with E-state index in [9.17, 15) is 9.59 Å². The molecular formula is C20H22N2O4. The van der Waals surface area contributed by atoms with Gasteiger partial charge in [0.1, 0.15) is 12.4 Å². The predicted octanol–water partition coefficient (Wildman–Crippen LogP) is 3.39. The van der Waals surface area contributed by atoms with Gasteiger partial charge in [0, 0.05) is 13.0 Å². The Hall–Kier alpha value is -3.02. The Morgan fingerprint density at radius 3 is 2.38 bits per heavy atom. The Balaban J connectivity index is 1.98. The lowest BCUT2D eigenvalue weighted by Crippen LogP contribution is -2.07. The molecule has 0 atom stereocenters. The summed E-state index contributed by atoms with van der Waals surface area (Å²) in [5, 5.41) is 0. The van der Waals surface area contributed by atoms with Crippen LogP contribution in [0.15, 0.2) is 24.3 Å². The minimum atomic E-state index is -0.467. The van der Waals surface area contributed by atoms with Crippen molar-refractivity contribution in [1.29, 1.82) is 0 Å². The fourth-order valence-corrected chi connectivity index (χ4v) is 2.30. The molecule has 0 aliphatic heterocycles. The van der Waals surface area contributed by atoms with Crippen LogP contribution in [0.25, 0.3) is 6.08 Å². The molecule has 0 aliphatic rings. The third kappa shape index (κ3) is 5.24. The summed E-state index contributed by atoms with van der Waals surface area (Å²) in [6.07, 6.45) is 3.00. The van der Waals surface area contributed by atoms with Crippen LogP contribution in [-0.4, -0.2) is 21.9 Å². The molecule has 0 amide bonds. The smallest absolute Gasteiger partial charge is 0.331 e. The second-order valence-electron chi connectivity index (χ2n) is 5.99. The lowest BCUT2D eigenvalue weighted by atomic mass is 10.1. The van der Waals surface area contributed by atoms with Gasteiger partial charge in [-0.1, -0.05) is 6.07 Å². The van der Waals surface area contributed by atoms with Gasteiger partial charge in [-0.25, -0.2) is 4.79 Å². The average Bonchev–Trinajstić information content (AvgIpc) is 2.57. The molecule has 2 rings (SSSR count). The number of aromatic nitrogens is 2. The highest BCUT2D eigenvalue weighted by Gasteiger charge is 2.08. The van der Waals surface area contributed by atoms with Gasteiger partial charge in [0.2, 0.25) is 0 Å². The van der Waals surface area contributed by atoms with E-state index in [1.807, 2.05) is 33.8 Å². The van der Waals surface area contributed by atoms with Crippen molar-refractivity contribution >= 4 is 18.0 Å². The maximum atomic E-state index is 11.9. The highest BCUT2D eigenvalue weighted by molar-refractivity contribution is 5.87. The van der Waals surface area contributed by atoms with Crippen LogP contribution in [0.3, 0.4) is 0 Å². The summed E-state index contributed by atoms with van der Waals surface area (Å²) in [6.45, 7) is 8.86. The third-order valence-electron chi connectivity index (χ3n) is 3.80. The Morgan fingerprint density at radius 2 is 1.73 bits per heavy atom. The highest BCUT2D eigenvalue weighted by atomic mass is 16.5. The summed E-state index contributed by atoms with van der Waals surface area (Å²) < 4.78 is 10.3. The van der Waals surface area contributed by atoms with Gasteiger partial charge in [0.15, 0.2) is 0 Å². The van der Waals surface area contributed by atoms with E-state index in [0.29, 0.717) is 11.4 Å². The van der Waals surface area contributed by atoms with E-state index < -0.39 is 5.97 Å². The summed E-state index contributed by atoms with van der Waals surface area (Å²) in [6, 6.07) is 5.27. The predicted molar refractivity (Wildman–Crippen MR) is 97.6 cm³/mol. The molecule has 0 fully saturated rings. The summed E-state index contributed by atoms with van der Waals surface area (Å²) >= 11 is 0. The molecule has 1 aromatic heterocycles. The van der Waals surface area contributed by atoms with E-state index in [2.05, 4.69) is 9.97 Å². The summed E-state index contributed by atoms with van der Waals surface area (Å²) in [5.74, 6) is -0.336. The zero-order chi connectivity index (χ0) is 19.3. The number of ether oxygens (including phenoxy) is 2. The maximum absolute atomic E-state index is 11.9. The molecule has 0 radical (unpaired) electrons. The van der Waals surface area contributed by atoms with Crippen LogP contribution in [0.4, 0.5) is 0 Å². The van der Waals surface area contributed by atoms with Crippen LogP contribution in [0.5, 0.6) is 5.75 Å². The Morgan fingerprint density at radius 1 is 1.04 bits per heavy atom. The van der Waals surface area contributed by atoms with Gasteiger partial charge in [-0.2, -0.15) is 0 Å². The fraction of sp³-hybridized carbons (Fsp3) is 0.300. The lowest BCUT2D eigenvalue weighted by molar-refractivity contribution is -0.139. The van der Waals surface area contributed by atoms with E-state index in [1.54, 1.807) is 18.2 Å². The van der Waals surface area contributed by atoms with Crippen LogP contribution in [0.1, 0.15) is 40.8 Å². The van der Waals surface area contributed by atoms with Gasteiger partial charge in [-0.3, -0.25) is 14.8 Å². The first-order valence-corrected chi connectivity index (χ1v) is 8.21. The topological polar surface area (TPSA) is 78.4 Å². The van der Waals surface area contributed by atoms with E-state index in [-0.39, 0.29) is 12.6 Å². The second-order valence-corrected chi connectivity index (χ2v) is 5.99. The van der Waals surface area contributed by atoms with Crippen LogP contribution < -0.4 is 4.74 Å². The molecule has 0 spiro atoms. The normalized spacial score (nSPS) is 10.8. The van der Waals surface area contributed by atoms with Crippen molar-refractivity contribution in [3.05, 3.63) is 58.2 Å². The number of carbonyl (C=O) groups excluding carboxylic acids is 2. The zero-order valence-electron chi connectivity index (χ0n) is 15.6. The molecule has 0 aliphatic carbocycles. The zero-order valence-corrected chi connectivity index (χ0v) is 15.6. The molecule has 0 saturated carbocycles. The summed E-state index contributed by atoms with van der Waals surface area (Å²) in [4.78, 5) is 31.7. The minimum absolute atomic E-state index is 0.0769. The van der Waals surface area contributed by atoms with Gasteiger partial charge < -0.3 is 9.47 Å². The number of rotatable bonds is 5. The first-order valence-electron chi connectivity index (χ1n) is 8.21. The molecule has 0 bridgehead atoms. The van der Waals surface area contributed by atoms with Crippen molar-refractivity contribution in [3.63, 3.8) is 0 Å². The number of carbonyl (C=O) groups is 2. The molecule has 26 heavy (non-hydrogen) atoms. The molecular weight excluding hydrogens is 332 g/mol. The van der Waals surface area contributed by atoms with Gasteiger partial charge in [0.25, 0.3) is 0 Å². The molecule has 136 valence electrons. The Bertz CT molecular complexity index is 872. The van der Waals surface area contributed by atoms with Crippen LogP contribution in [-0.2, 0) is 20.9 Å². The van der Waals surface area contributed by atoms with E-state index in [0.717, 1.165) is 28.2 Å². The SMILES string of the molecule is CC(=O)Oc1ccc(/C=C/C(=O)OCc2nc(C)c(C)nc2C)cc1C. The fourth-order valence-electron chi connectivity index (χ4n) is 2.30. The Kier molecular flexibility index (Phi) is 6.22. The average molecular weight is 354 g/mol. The molecule has 0 unspecified atom stereocenters. The van der Waals surface area contributed by atoms with Crippen molar-refractivity contribution < 1.29 is 19.1 Å². The number of aryl methyl sites for hydroxylation is 4. The highest BCUT2D eigenvalue weighted by Crippen LogP contribution is 2.20. The van der Waals surface area contributed by atoms with Crippen molar-refractivity contribution in [3.8, 4) is 5.75 Å². The summed E-state index contributed by atoms with van der Waals surface area (Å²) in [7, 11) is 0. The quantitative estimate of drug-likeness (QED) is 0.465. The molecule has 0 N–H and O–H groups in total. The third-order valence-corrected chi connectivity index (χ3v) is 3.80. The number of benzene rings is 1. The van der Waals surface area contributed by atoms with Crippen molar-refractivity contribution in [2.45, 2.75) is 41.2 Å². The standard InChI is InChI=1S/C20H22N2O4/c1-12-10-17(6-8-19(12)26-16(5)23)7-9-20(24)25-11-18-15(4)21-13(2)14(3)22-18/h6-10H,11H2,1-5H3/b9-7+. The van der Waals surface area contributed by atoms with Crippen LogP contribution in [0, 0.1) is 27.7 Å². The van der Waals surface area contributed by atoms with Gasteiger partial charge in [-0.05, 0) is 57.0 Å². The molecule has 6 nitrogen and oxygen atoms in total. The number of nitrogens with zero attached hydrogens (tertiary/aromatic N) is 2. The maximum Gasteiger partial charge on any atom is 0.331 e. The van der Waals surface area contributed by atoms with Crippen molar-refractivity contribution in [2.24, 2.45) is 0 Å². The first-order chi connectivity index (χ1) is 12.3. The molecule has 1 heterocycles. The van der Waals surface area contributed by atoms with Crippen LogP contribution >= 0.6 is 0 Å². The molecule has 0 saturated heterocycles. The first kappa shape index (κ1) is 19.3. The Labute approximate surface area is 152 Å². The van der Waals surface area contributed by atoms with Gasteiger partial charge >= 0.3 is 11.9 Å². The number of hydrogen-bond donors (Lipinski definition) is 0. The van der Waals surface area contributed by atoms with E-state index in [4.69, 9.17) is 9.47 Å². The number of esters is 2. The number of hydrogen-bond acceptors (Lipinski definition) is 6. The van der Waals surface area contributed by atoms with Crippen molar-refractivity contribution in [2.75, 3.05) is 0 Å². The summed E-state index contributed by atoms with van der Waals surface area (Å²) in [5.41, 5.74) is 4.69. The van der Waals surface area contributed by atoms with Gasteiger partial charge in [-0.15, -0.1) is 0 Å². The molecule has 6 heteroatoms. The van der Waals surface area contributed by atoms with Crippen LogP contribution in [0.2, 0.25) is 0 Å². The van der Waals surface area contributed by atoms with Gasteiger partial charge in [0.05, 0.1) is 22.8 Å². The van der Waals surface area contributed by atoms with E-state index >= 15 is 0 Å². The molecule has 2 aromatic rings. The van der Waals surface area contributed by atoms with Crippen molar-refractivity contribution in [1.82, 2.24) is 9.97 Å².